The maximum atomic E-state index is 4.81. The molecule has 0 aliphatic rings. The molecule has 0 saturated carbocycles. The molecule has 10 aromatic rings. The lowest BCUT2D eigenvalue weighted by Crippen LogP contribution is -1.99. The molecule has 48 heavy (non-hydrogen) atoms. The first kappa shape index (κ1) is 27.0. The van der Waals surface area contributed by atoms with Crippen LogP contribution in [0.5, 0.6) is 0 Å². The first-order chi connectivity index (χ1) is 23.4. The zero-order valence-electron chi connectivity index (χ0n) is 26.9. The lowest BCUT2D eigenvalue weighted by Gasteiger charge is -2.14. The molecule has 6 nitrogen and oxygen atoms in total. The van der Waals surface area contributed by atoms with Gasteiger partial charge in [0.15, 0.2) is 11.6 Å². The summed E-state index contributed by atoms with van der Waals surface area (Å²) in [6, 6.07) is 35.3. The van der Waals surface area contributed by atoms with Crippen LogP contribution in [0.25, 0.3) is 98.5 Å². The number of aromatic nitrogens is 6. The summed E-state index contributed by atoms with van der Waals surface area (Å²) in [5.74, 6) is 4.28. The van der Waals surface area contributed by atoms with Crippen LogP contribution in [-0.2, 0) is 0 Å². The van der Waals surface area contributed by atoms with Crippen molar-refractivity contribution in [2.24, 2.45) is 0 Å². The van der Waals surface area contributed by atoms with Crippen molar-refractivity contribution in [2.75, 3.05) is 0 Å². The first-order valence-corrected chi connectivity index (χ1v) is 16.2. The van der Waals surface area contributed by atoms with E-state index in [0.717, 1.165) is 28.2 Å². The normalized spacial score (nSPS) is 12.2. The van der Waals surface area contributed by atoms with Crippen LogP contribution in [-0.4, -0.2) is 29.9 Å². The van der Waals surface area contributed by atoms with Gasteiger partial charge in [0.2, 0.25) is 0 Å². The zero-order valence-corrected chi connectivity index (χ0v) is 26.9. The van der Waals surface area contributed by atoms with Gasteiger partial charge < -0.3 is 0 Å². The largest absolute Gasteiger partial charge is 0.219 e. The summed E-state index contributed by atoms with van der Waals surface area (Å²) in [5.41, 5.74) is 4.40. The Labute approximate surface area is 275 Å². The Morgan fingerprint density at radius 1 is 0.333 bits per heavy atom. The van der Waals surface area contributed by atoms with E-state index in [1.165, 1.54) is 70.4 Å². The fourth-order valence-corrected chi connectivity index (χ4v) is 8.11. The van der Waals surface area contributed by atoms with Crippen LogP contribution in [0, 0.1) is 27.7 Å². The molecule has 0 unspecified atom stereocenters. The molecule has 0 N–H and O–H groups in total. The van der Waals surface area contributed by atoms with Crippen LogP contribution in [0.2, 0.25) is 0 Å². The highest BCUT2D eigenvalue weighted by molar-refractivity contribution is 6.48. The van der Waals surface area contributed by atoms with E-state index in [2.05, 4.69) is 107 Å². The molecule has 0 aliphatic carbocycles. The molecule has 0 radical (unpaired) electrons. The molecule has 0 amide bonds. The minimum atomic E-state index is 0.696. The number of hydrogen-bond acceptors (Lipinski definition) is 6. The number of aryl methyl sites for hydroxylation is 4. The lowest BCUT2D eigenvalue weighted by molar-refractivity contribution is 0.928. The number of hydrogen-bond donors (Lipinski definition) is 0. The van der Waals surface area contributed by atoms with Crippen molar-refractivity contribution in [2.45, 2.75) is 27.7 Å². The predicted octanol–water partition coefficient (Wildman–Crippen LogP) is 10.1. The smallest absolute Gasteiger partial charge is 0.163 e. The van der Waals surface area contributed by atoms with Gasteiger partial charge in [0.1, 0.15) is 23.3 Å². The Kier molecular flexibility index (Phi) is 5.45. The van der Waals surface area contributed by atoms with Gasteiger partial charge in [-0.15, -0.1) is 0 Å². The second-order valence-corrected chi connectivity index (χ2v) is 12.8. The van der Waals surface area contributed by atoms with Crippen LogP contribution >= 0.6 is 0 Å². The van der Waals surface area contributed by atoms with Crippen molar-refractivity contribution < 1.29 is 0 Å². The van der Waals surface area contributed by atoms with Gasteiger partial charge in [0, 0.05) is 11.1 Å². The molecule has 8 aromatic carbocycles. The highest BCUT2D eigenvalue weighted by atomic mass is 15.0. The second-order valence-electron chi connectivity index (χ2n) is 12.8. The van der Waals surface area contributed by atoms with Crippen LogP contribution in [0.3, 0.4) is 0 Å². The average molecular weight is 617 g/mol. The van der Waals surface area contributed by atoms with E-state index in [9.17, 15) is 0 Å². The van der Waals surface area contributed by atoms with Gasteiger partial charge in [-0.1, -0.05) is 78.9 Å². The number of benzene rings is 6. The third kappa shape index (κ3) is 3.68. The Morgan fingerprint density at radius 2 is 0.896 bits per heavy atom. The van der Waals surface area contributed by atoms with Crippen molar-refractivity contribution in [1.82, 2.24) is 29.9 Å². The maximum absolute atomic E-state index is 4.81. The lowest BCUT2D eigenvalue weighted by atomic mass is 9.89. The molecule has 2 aromatic heterocycles. The molecule has 0 spiro atoms. The highest BCUT2D eigenvalue weighted by Gasteiger charge is 2.26. The SMILES string of the molecule is Cc1nc(C)nc(-c2cc3c(-c4ccccc4)c4c5ccc(-c6nc(C)nc(C)n6)c6cccc(c65)c4c4c5ccccc5c(c2)c34)n1. The summed E-state index contributed by atoms with van der Waals surface area (Å²) in [5, 5.41) is 14.8. The number of rotatable bonds is 3. The standard InChI is InChI=1S/C42H28N6/c1-21-43-22(2)46-41(45-21)26-19-33-27-13-8-9-14-28(27)38-37(33)34(20-26)35(25-11-6-5-7-12-25)39-32-18-17-30(42-47-23(3)44-24(4)48-42)29-15-10-16-31(36(29)32)40(38)39/h5-20H,1-4H3. The Balaban J connectivity index is 1.47. The molecule has 10 rings (SSSR count). The van der Waals surface area contributed by atoms with Crippen molar-refractivity contribution in [3.63, 3.8) is 0 Å². The van der Waals surface area contributed by atoms with Gasteiger partial charge >= 0.3 is 0 Å². The summed E-state index contributed by atoms with van der Waals surface area (Å²) >= 11 is 0. The maximum Gasteiger partial charge on any atom is 0.163 e. The predicted molar refractivity (Wildman–Crippen MR) is 196 cm³/mol. The van der Waals surface area contributed by atoms with Gasteiger partial charge in [-0.05, 0) is 122 Å². The molecule has 0 atom stereocenters. The van der Waals surface area contributed by atoms with Crippen LogP contribution < -0.4 is 0 Å². The fraction of sp³-hybridized carbons (Fsp3) is 0.0952. The Bertz CT molecular complexity index is 2890. The second kappa shape index (κ2) is 9.69. The topological polar surface area (TPSA) is 77.3 Å². The van der Waals surface area contributed by atoms with Gasteiger partial charge in [-0.3, -0.25) is 0 Å². The zero-order chi connectivity index (χ0) is 32.3. The van der Waals surface area contributed by atoms with Crippen LogP contribution in [0.15, 0.2) is 97.1 Å². The number of nitrogens with zero attached hydrogens (tertiary/aromatic N) is 6. The summed E-state index contributed by atoms with van der Waals surface area (Å²) in [6.07, 6.45) is 0. The van der Waals surface area contributed by atoms with Crippen LogP contribution in [0.1, 0.15) is 23.3 Å². The molecular weight excluding hydrogens is 589 g/mol. The fourth-order valence-electron chi connectivity index (χ4n) is 8.11. The third-order valence-electron chi connectivity index (χ3n) is 9.75. The summed E-state index contributed by atoms with van der Waals surface area (Å²) in [4.78, 5) is 28.1. The van der Waals surface area contributed by atoms with E-state index in [4.69, 9.17) is 19.9 Å². The highest BCUT2D eigenvalue weighted by Crippen LogP contribution is 2.54. The molecular formula is C42H28N6. The molecule has 6 heteroatoms. The van der Waals surface area contributed by atoms with E-state index in [0.29, 0.717) is 23.3 Å². The minimum Gasteiger partial charge on any atom is -0.219 e. The van der Waals surface area contributed by atoms with E-state index in [-0.39, 0.29) is 0 Å². The van der Waals surface area contributed by atoms with E-state index >= 15 is 0 Å². The Morgan fingerprint density at radius 3 is 1.62 bits per heavy atom. The molecule has 0 bridgehead atoms. The van der Waals surface area contributed by atoms with E-state index in [1.54, 1.807) is 0 Å². The summed E-state index contributed by atoms with van der Waals surface area (Å²) in [7, 11) is 0. The summed E-state index contributed by atoms with van der Waals surface area (Å²) < 4.78 is 0. The molecule has 0 saturated heterocycles. The molecule has 226 valence electrons. The van der Waals surface area contributed by atoms with Crippen molar-refractivity contribution in [1.29, 1.82) is 0 Å². The number of fused-ring (bicyclic) bond motifs is 7. The molecule has 0 fully saturated rings. The van der Waals surface area contributed by atoms with Crippen molar-refractivity contribution in [3.05, 3.63) is 120 Å². The molecule has 0 aliphatic heterocycles. The van der Waals surface area contributed by atoms with Gasteiger partial charge in [0.05, 0.1) is 0 Å². The third-order valence-corrected chi connectivity index (χ3v) is 9.75. The van der Waals surface area contributed by atoms with Gasteiger partial charge in [-0.2, -0.15) is 0 Å². The van der Waals surface area contributed by atoms with Crippen molar-refractivity contribution in [3.8, 4) is 33.9 Å². The average Bonchev–Trinajstić information content (AvgIpc) is 3.59. The Hall–Kier alpha value is -6.14. The van der Waals surface area contributed by atoms with Gasteiger partial charge in [0.25, 0.3) is 0 Å². The quantitative estimate of drug-likeness (QED) is 0.197. The van der Waals surface area contributed by atoms with Crippen molar-refractivity contribution >= 4 is 64.6 Å². The summed E-state index contributed by atoms with van der Waals surface area (Å²) in [6.45, 7) is 7.71. The van der Waals surface area contributed by atoms with E-state index in [1.807, 2.05) is 27.7 Å². The monoisotopic (exact) mass is 616 g/mol. The van der Waals surface area contributed by atoms with Crippen LogP contribution in [0.4, 0.5) is 0 Å². The first-order valence-electron chi connectivity index (χ1n) is 16.2. The minimum absolute atomic E-state index is 0.696. The molecule has 2 heterocycles. The van der Waals surface area contributed by atoms with Gasteiger partial charge in [-0.25, -0.2) is 29.9 Å². The van der Waals surface area contributed by atoms with E-state index < -0.39 is 0 Å².